The zero-order valence-electron chi connectivity index (χ0n) is 12.5. The fourth-order valence-electron chi connectivity index (χ4n) is 2.55. The Morgan fingerprint density at radius 3 is 2.95 bits per heavy atom. The van der Waals surface area contributed by atoms with Crippen molar-refractivity contribution in [1.82, 2.24) is 4.90 Å². The number of amides is 3. The summed E-state index contributed by atoms with van der Waals surface area (Å²) >= 11 is 0. The van der Waals surface area contributed by atoms with Gasteiger partial charge in [0.1, 0.15) is 5.82 Å². The minimum Gasteiger partial charge on any atom is -0.380 e. The fourth-order valence-corrected chi connectivity index (χ4v) is 2.55. The van der Waals surface area contributed by atoms with Gasteiger partial charge < -0.3 is 20.7 Å². The van der Waals surface area contributed by atoms with Gasteiger partial charge in [0.15, 0.2) is 0 Å². The summed E-state index contributed by atoms with van der Waals surface area (Å²) in [4.78, 5) is 25.1. The normalized spacial score (nSPS) is 18.1. The maximum atomic E-state index is 13.3. The number of hydrogen-bond donors (Lipinski definition) is 2. The number of rotatable bonds is 4. The van der Waals surface area contributed by atoms with Gasteiger partial charge in [0, 0.05) is 31.5 Å². The maximum absolute atomic E-state index is 13.3. The van der Waals surface area contributed by atoms with Gasteiger partial charge in [0.05, 0.1) is 12.5 Å². The number of likely N-dealkylation sites (tertiary alicyclic amines) is 1. The molecule has 1 saturated heterocycles. The standard InChI is InChI=1S/C15H20FN3O3/c1-22-9-11-7-12(16)4-5-13(11)18-15(21)19-6-2-3-10(8-19)14(17)20/h4-5,7,10H,2-3,6,8-9H2,1H3,(H2,17,20)(H,18,21). The number of halogens is 1. The smallest absolute Gasteiger partial charge is 0.321 e. The molecule has 1 aromatic carbocycles. The average molecular weight is 309 g/mol. The molecule has 1 aromatic rings. The number of urea groups is 1. The topological polar surface area (TPSA) is 84.7 Å². The van der Waals surface area contributed by atoms with Crippen LogP contribution in [0, 0.1) is 11.7 Å². The van der Waals surface area contributed by atoms with Crippen molar-refractivity contribution in [1.29, 1.82) is 0 Å². The summed E-state index contributed by atoms with van der Waals surface area (Å²) < 4.78 is 18.3. The van der Waals surface area contributed by atoms with Crippen LogP contribution in [0.15, 0.2) is 18.2 Å². The summed E-state index contributed by atoms with van der Waals surface area (Å²) in [7, 11) is 1.50. The van der Waals surface area contributed by atoms with Crippen LogP contribution in [0.4, 0.5) is 14.9 Å². The van der Waals surface area contributed by atoms with Gasteiger partial charge in [-0.3, -0.25) is 4.79 Å². The third kappa shape index (κ3) is 3.94. The molecule has 120 valence electrons. The molecule has 1 aliphatic heterocycles. The Hall–Kier alpha value is -2.15. The predicted octanol–water partition coefficient (Wildman–Crippen LogP) is 1.70. The highest BCUT2D eigenvalue weighted by Crippen LogP contribution is 2.21. The summed E-state index contributed by atoms with van der Waals surface area (Å²) in [6, 6.07) is 3.77. The molecular weight excluding hydrogens is 289 g/mol. The van der Waals surface area contributed by atoms with Crippen LogP contribution in [-0.4, -0.2) is 37.0 Å². The second-order valence-corrected chi connectivity index (χ2v) is 5.35. The zero-order valence-corrected chi connectivity index (χ0v) is 12.5. The number of carbonyl (C=O) groups excluding carboxylic acids is 2. The SMILES string of the molecule is COCc1cc(F)ccc1NC(=O)N1CCCC(C(N)=O)C1. The summed E-state index contributed by atoms with van der Waals surface area (Å²) in [5.74, 6) is -1.10. The molecule has 1 fully saturated rings. The minimum atomic E-state index is -0.392. The Balaban J connectivity index is 2.07. The molecule has 3 amide bonds. The first-order valence-corrected chi connectivity index (χ1v) is 7.14. The summed E-state index contributed by atoms with van der Waals surface area (Å²) in [5.41, 5.74) is 6.36. The Kier molecular flexibility index (Phi) is 5.32. The predicted molar refractivity (Wildman–Crippen MR) is 79.6 cm³/mol. The highest BCUT2D eigenvalue weighted by atomic mass is 19.1. The van der Waals surface area contributed by atoms with Crippen LogP contribution in [-0.2, 0) is 16.1 Å². The van der Waals surface area contributed by atoms with Crippen LogP contribution < -0.4 is 11.1 Å². The van der Waals surface area contributed by atoms with E-state index in [2.05, 4.69) is 5.32 Å². The van der Waals surface area contributed by atoms with E-state index in [0.717, 1.165) is 6.42 Å². The van der Waals surface area contributed by atoms with Gasteiger partial charge in [-0.05, 0) is 31.0 Å². The molecule has 0 radical (unpaired) electrons. The van der Waals surface area contributed by atoms with Gasteiger partial charge in [-0.25, -0.2) is 9.18 Å². The molecule has 0 aliphatic carbocycles. The van der Waals surface area contributed by atoms with E-state index >= 15 is 0 Å². The van der Waals surface area contributed by atoms with E-state index in [1.807, 2.05) is 0 Å². The first-order valence-electron chi connectivity index (χ1n) is 7.14. The Morgan fingerprint density at radius 2 is 2.27 bits per heavy atom. The van der Waals surface area contributed by atoms with Gasteiger partial charge in [-0.2, -0.15) is 0 Å². The molecular formula is C15H20FN3O3. The minimum absolute atomic E-state index is 0.192. The monoisotopic (exact) mass is 309 g/mol. The Bertz CT molecular complexity index is 565. The van der Waals surface area contributed by atoms with Crippen molar-refractivity contribution in [2.24, 2.45) is 11.7 Å². The molecule has 3 N–H and O–H groups in total. The van der Waals surface area contributed by atoms with E-state index in [0.29, 0.717) is 30.8 Å². The van der Waals surface area contributed by atoms with Crippen LogP contribution in [0.1, 0.15) is 18.4 Å². The van der Waals surface area contributed by atoms with Crippen LogP contribution in [0.2, 0.25) is 0 Å². The molecule has 1 unspecified atom stereocenters. The molecule has 1 atom stereocenters. The highest BCUT2D eigenvalue weighted by Gasteiger charge is 2.27. The molecule has 2 rings (SSSR count). The first-order chi connectivity index (χ1) is 10.5. The van der Waals surface area contributed by atoms with Crippen LogP contribution in [0.25, 0.3) is 0 Å². The van der Waals surface area contributed by atoms with E-state index in [1.54, 1.807) is 4.90 Å². The molecule has 0 aromatic heterocycles. The van der Waals surface area contributed by atoms with Crippen molar-refractivity contribution < 1.29 is 18.7 Å². The van der Waals surface area contributed by atoms with Gasteiger partial charge in [0.2, 0.25) is 5.91 Å². The summed E-state index contributed by atoms with van der Waals surface area (Å²) in [5, 5.41) is 2.74. The van der Waals surface area contributed by atoms with Crippen LogP contribution in [0.3, 0.4) is 0 Å². The van der Waals surface area contributed by atoms with E-state index in [1.165, 1.54) is 25.3 Å². The fraction of sp³-hybridized carbons (Fsp3) is 0.467. The summed E-state index contributed by atoms with van der Waals surface area (Å²) in [6.45, 7) is 1.07. The van der Waals surface area contributed by atoms with E-state index in [4.69, 9.17) is 10.5 Å². The second-order valence-electron chi connectivity index (χ2n) is 5.35. The third-order valence-corrected chi connectivity index (χ3v) is 3.72. The van der Waals surface area contributed by atoms with Gasteiger partial charge in [0.25, 0.3) is 0 Å². The number of benzene rings is 1. The van der Waals surface area contributed by atoms with E-state index in [-0.39, 0.29) is 24.5 Å². The lowest BCUT2D eigenvalue weighted by Crippen LogP contribution is -2.45. The van der Waals surface area contributed by atoms with Crippen molar-refractivity contribution in [2.45, 2.75) is 19.4 Å². The number of anilines is 1. The lowest BCUT2D eigenvalue weighted by molar-refractivity contribution is -0.123. The third-order valence-electron chi connectivity index (χ3n) is 3.72. The first kappa shape index (κ1) is 16.2. The number of methoxy groups -OCH3 is 1. The molecule has 6 nitrogen and oxygen atoms in total. The summed E-state index contributed by atoms with van der Waals surface area (Å²) in [6.07, 6.45) is 1.43. The quantitative estimate of drug-likeness (QED) is 0.888. The van der Waals surface area contributed by atoms with E-state index in [9.17, 15) is 14.0 Å². The van der Waals surface area contributed by atoms with Crippen molar-refractivity contribution in [3.05, 3.63) is 29.6 Å². The van der Waals surface area contributed by atoms with Crippen LogP contribution in [0.5, 0.6) is 0 Å². The molecule has 0 spiro atoms. The van der Waals surface area contributed by atoms with Crippen LogP contribution >= 0.6 is 0 Å². The molecule has 1 aliphatic rings. The highest BCUT2D eigenvalue weighted by molar-refractivity contribution is 5.90. The number of nitrogens with one attached hydrogen (secondary N) is 1. The molecule has 0 saturated carbocycles. The van der Waals surface area contributed by atoms with Gasteiger partial charge >= 0.3 is 6.03 Å². The molecule has 22 heavy (non-hydrogen) atoms. The number of ether oxygens (including phenoxy) is 1. The number of piperidine rings is 1. The number of nitrogens with zero attached hydrogens (tertiary/aromatic N) is 1. The second kappa shape index (κ2) is 7.22. The van der Waals surface area contributed by atoms with Crippen molar-refractivity contribution >= 4 is 17.6 Å². The van der Waals surface area contributed by atoms with Crippen molar-refractivity contribution in [3.63, 3.8) is 0 Å². The lowest BCUT2D eigenvalue weighted by atomic mass is 9.98. The number of primary amides is 1. The maximum Gasteiger partial charge on any atom is 0.321 e. The number of hydrogen-bond acceptors (Lipinski definition) is 3. The average Bonchev–Trinajstić information content (AvgIpc) is 2.50. The number of carbonyl (C=O) groups is 2. The van der Waals surface area contributed by atoms with E-state index < -0.39 is 5.82 Å². The Morgan fingerprint density at radius 1 is 1.50 bits per heavy atom. The molecule has 0 bridgehead atoms. The number of nitrogens with two attached hydrogens (primary N) is 1. The van der Waals surface area contributed by atoms with Gasteiger partial charge in [-0.15, -0.1) is 0 Å². The van der Waals surface area contributed by atoms with Crippen molar-refractivity contribution in [2.75, 3.05) is 25.5 Å². The lowest BCUT2D eigenvalue weighted by Gasteiger charge is -2.31. The van der Waals surface area contributed by atoms with Crippen molar-refractivity contribution in [3.8, 4) is 0 Å². The largest absolute Gasteiger partial charge is 0.380 e. The zero-order chi connectivity index (χ0) is 16.1. The van der Waals surface area contributed by atoms with Gasteiger partial charge in [-0.1, -0.05) is 0 Å². The molecule has 7 heteroatoms. The Labute approximate surface area is 128 Å². The molecule has 1 heterocycles.